The van der Waals surface area contributed by atoms with Crippen LogP contribution in [0.5, 0.6) is 5.75 Å². The molecule has 0 aliphatic rings. The third-order valence-electron chi connectivity index (χ3n) is 3.53. The van der Waals surface area contributed by atoms with Gasteiger partial charge in [-0.3, -0.25) is 14.4 Å². The van der Waals surface area contributed by atoms with Crippen molar-refractivity contribution in [3.05, 3.63) is 29.8 Å². The van der Waals surface area contributed by atoms with Crippen molar-refractivity contribution in [2.75, 3.05) is 7.11 Å². The van der Waals surface area contributed by atoms with Crippen LogP contribution < -0.4 is 4.74 Å². The highest BCUT2D eigenvalue weighted by atomic mass is 16.5. The second-order valence-corrected chi connectivity index (χ2v) is 5.37. The van der Waals surface area contributed by atoms with Gasteiger partial charge in [0.05, 0.1) is 13.5 Å². The highest BCUT2D eigenvalue weighted by Crippen LogP contribution is 2.32. The number of hydrogen-bond acceptors (Lipinski definition) is 4. The molecule has 0 heterocycles. The van der Waals surface area contributed by atoms with E-state index in [4.69, 9.17) is 20.1 Å². The molecular weight excluding hydrogens is 304 g/mol. The van der Waals surface area contributed by atoms with E-state index in [-0.39, 0.29) is 25.7 Å². The lowest BCUT2D eigenvalue weighted by atomic mass is 9.83. The Morgan fingerprint density at radius 2 is 1.57 bits per heavy atom. The zero-order valence-corrected chi connectivity index (χ0v) is 12.8. The van der Waals surface area contributed by atoms with Gasteiger partial charge in [-0.1, -0.05) is 12.1 Å². The molecular formula is C16H20O7. The monoisotopic (exact) mass is 324 g/mol. The minimum Gasteiger partial charge on any atom is -0.497 e. The number of carboxylic acids is 3. The van der Waals surface area contributed by atoms with Crippen molar-refractivity contribution >= 4 is 17.9 Å². The normalized spacial score (nSPS) is 11.9. The largest absolute Gasteiger partial charge is 0.497 e. The Kier molecular flexibility index (Phi) is 7.05. The van der Waals surface area contributed by atoms with Crippen molar-refractivity contribution < 1.29 is 34.4 Å². The molecule has 0 aliphatic carbocycles. The van der Waals surface area contributed by atoms with Gasteiger partial charge in [0.15, 0.2) is 0 Å². The van der Waals surface area contributed by atoms with E-state index in [9.17, 15) is 14.4 Å². The molecule has 7 nitrogen and oxygen atoms in total. The van der Waals surface area contributed by atoms with Crippen molar-refractivity contribution in [1.29, 1.82) is 0 Å². The summed E-state index contributed by atoms with van der Waals surface area (Å²) in [4.78, 5) is 32.9. The van der Waals surface area contributed by atoms with E-state index in [1.807, 2.05) is 0 Å². The van der Waals surface area contributed by atoms with Crippen LogP contribution >= 0.6 is 0 Å². The fourth-order valence-electron chi connectivity index (χ4n) is 2.58. The quantitative estimate of drug-likeness (QED) is 0.603. The highest BCUT2D eigenvalue weighted by Gasteiger charge is 2.24. The van der Waals surface area contributed by atoms with E-state index in [1.54, 1.807) is 24.3 Å². The van der Waals surface area contributed by atoms with Gasteiger partial charge in [-0.2, -0.15) is 0 Å². The fourth-order valence-corrected chi connectivity index (χ4v) is 2.58. The van der Waals surface area contributed by atoms with Gasteiger partial charge in [-0.05, 0) is 36.0 Å². The number of carboxylic acid groups (broad SMARTS) is 3. The summed E-state index contributed by atoms with van der Waals surface area (Å²) in [6.45, 7) is 0. The first kappa shape index (κ1) is 18.5. The molecule has 1 unspecified atom stereocenters. The molecule has 0 fully saturated rings. The molecule has 23 heavy (non-hydrogen) atoms. The summed E-state index contributed by atoms with van der Waals surface area (Å²) in [6.07, 6.45) is -0.667. The Morgan fingerprint density at radius 3 is 2.04 bits per heavy atom. The Bertz CT molecular complexity index is 551. The molecule has 1 aromatic carbocycles. The lowest BCUT2D eigenvalue weighted by Crippen LogP contribution is -2.17. The van der Waals surface area contributed by atoms with Crippen molar-refractivity contribution in [3.63, 3.8) is 0 Å². The molecule has 0 spiro atoms. The smallest absolute Gasteiger partial charge is 0.303 e. The van der Waals surface area contributed by atoms with Crippen LogP contribution in [0.25, 0.3) is 0 Å². The van der Waals surface area contributed by atoms with Gasteiger partial charge in [0, 0.05) is 12.8 Å². The Labute approximate surface area is 133 Å². The molecule has 0 aromatic heterocycles. The van der Waals surface area contributed by atoms with E-state index in [0.717, 1.165) is 0 Å². The van der Waals surface area contributed by atoms with Crippen molar-refractivity contribution in [3.8, 4) is 5.75 Å². The SMILES string of the molecule is COc1cccc(C(CC(=O)O)CC(CC(=O)O)CC(=O)O)c1. The van der Waals surface area contributed by atoms with Gasteiger partial charge in [0.25, 0.3) is 0 Å². The average molecular weight is 324 g/mol. The Morgan fingerprint density at radius 1 is 1.00 bits per heavy atom. The van der Waals surface area contributed by atoms with Crippen LogP contribution in [0.2, 0.25) is 0 Å². The van der Waals surface area contributed by atoms with E-state index < -0.39 is 29.7 Å². The third-order valence-corrected chi connectivity index (χ3v) is 3.53. The number of rotatable bonds is 10. The summed E-state index contributed by atoms with van der Waals surface area (Å²) in [7, 11) is 1.49. The molecule has 0 amide bonds. The Hall–Kier alpha value is -2.57. The van der Waals surface area contributed by atoms with Crippen LogP contribution in [-0.2, 0) is 14.4 Å². The van der Waals surface area contributed by atoms with Crippen LogP contribution in [0.4, 0.5) is 0 Å². The summed E-state index contributed by atoms with van der Waals surface area (Å²) < 4.78 is 5.11. The molecule has 0 bridgehead atoms. The van der Waals surface area contributed by atoms with Crippen LogP contribution in [0.3, 0.4) is 0 Å². The second kappa shape index (κ2) is 8.77. The molecule has 1 rings (SSSR count). The molecule has 0 saturated heterocycles. The molecule has 1 atom stereocenters. The number of hydrogen-bond donors (Lipinski definition) is 3. The molecule has 0 saturated carbocycles. The third kappa shape index (κ3) is 6.82. The van der Waals surface area contributed by atoms with Gasteiger partial charge in [0.1, 0.15) is 5.75 Å². The van der Waals surface area contributed by atoms with E-state index in [2.05, 4.69) is 0 Å². The minimum atomic E-state index is -1.10. The van der Waals surface area contributed by atoms with Gasteiger partial charge in [0.2, 0.25) is 0 Å². The van der Waals surface area contributed by atoms with Gasteiger partial charge in [-0.25, -0.2) is 0 Å². The number of aliphatic carboxylic acids is 3. The summed E-state index contributed by atoms with van der Waals surface area (Å²) in [5.41, 5.74) is 0.688. The van der Waals surface area contributed by atoms with E-state index >= 15 is 0 Å². The summed E-state index contributed by atoms with van der Waals surface area (Å²) in [6, 6.07) is 6.85. The molecule has 7 heteroatoms. The maximum Gasteiger partial charge on any atom is 0.303 e. The minimum absolute atomic E-state index is 0.165. The second-order valence-electron chi connectivity index (χ2n) is 5.37. The first-order chi connectivity index (χ1) is 10.8. The molecule has 0 radical (unpaired) electrons. The van der Waals surface area contributed by atoms with Gasteiger partial charge < -0.3 is 20.1 Å². The summed E-state index contributed by atoms with van der Waals surface area (Å²) >= 11 is 0. The summed E-state index contributed by atoms with van der Waals surface area (Å²) in [5, 5.41) is 26.9. The topological polar surface area (TPSA) is 121 Å². The maximum atomic E-state index is 11.1. The van der Waals surface area contributed by atoms with Crippen LogP contribution in [0.1, 0.15) is 37.2 Å². The van der Waals surface area contributed by atoms with Crippen LogP contribution in [0.15, 0.2) is 24.3 Å². The summed E-state index contributed by atoms with van der Waals surface area (Å²) in [5.74, 6) is -3.79. The van der Waals surface area contributed by atoms with Crippen molar-refractivity contribution in [2.24, 2.45) is 5.92 Å². The van der Waals surface area contributed by atoms with Crippen LogP contribution in [0, 0.1) is 5.92 Å². The lowest BCUT2D eigenvalue weighted by Gasteiger charge is -2.21. The van der Waals surface area contributed by atoms with Crippen molar-refractivity contribution in [2.45, 2.75) is 31.6 Å². The molecule has 3 N–H and O–H groups in total. The predicted octanol–water partition coefficient (Wildman–Crippen LogP) is 2.21. The Balaban J connectivity index is 3.00. The number of methoxy groups -OCH3 is 1. The number of benzene rings is 1. The average Bonchev–Trinajstić information content (AvgIpc) is 2.44. The lowest BCUT2D eigenvalue weighted by molar-refractivity contribution is -0.140. The van der Waals surface area contributed by atoms with Crippen molar-refractivity contribution in [1.82, 2.24) is 0 Å². The maximum absolute atomic E-state index is 11.1. The number of carbonyl (C=O) groups is 3. The molecule has 0 aliphatic heterocycles. The molecule has 126 valence electrons. The first-order valence-corrected chi connectivity index (χ1v) is 7.11. The number of ether oxygens (including phenoxy) is 1. The van der Waals surface area contributed by atoms with E-state index in [1.165, 1.54) is 7.11 Å². The van der Waals surface area contributed by atoms with Gasteiger partial charge in [-0.15, -0.1) is 0 Å². The molecule has 1 aromatic rings. The zero-order chi connectivity index (χ0) is 17.4. The zero-order valence-electron chi connectivity index (χ0n) is 12.8. The van der Waals surface area contributed by atoms with E-state index in [0.29, 0.717) is 11.3 Å². The first-order valence-electron chi connectivity index (χ1n) is 7.11. The standard InChI is InChI=1S/C16H20O7/c1-23-13-4-2-3-11(8-13)12(9-16(21)22)5-10(6-14(17)18)7-15(19)20/h2-4,8,10,12H,5-7,9H2,1H3,(H,17,18)(H,19,20)(H,21,22). The predicted molar refractivity (Wildman–Crippen MR) is 80.6 cm³/mol. The highest BCUT2D eigenvalue weighted by molar-refractivity contribution is 5.71. The van der Waals surface area contributed by atoms with Gasteiger partial charge >= 0.3 is 17.9 Å². The fraction of sp³-hybridized carbons (Fsp3) is 0.438. The van der Waals surface area contributed by atoms with Crippen LogP contribution in [-0.4, -0.2) is 40.3 Å².